The lowest BCUT2D eigenvalue weighted by Gasteiger charge is -2.32. The predicted octanol–water partition coefficient (Wildman–Crippen LogP) is 5.89. The normalized spacial score (nSPS) is 18.9. The van der Waals surface area contributed by atoms with Crippen LogP contribution in [0.25, 0.3) is 0 Å². The molecule has 0 N–H and O–H groups in total. The third-order valence-corrected chi connectivity index (χ3v) is 7.99. The molecule has 2 atom stereocenters. The summed E-state index contributed by atoms with van der Waals surface area (Å²) in [6.45, 7) is 1.49. The van der Waals surface area contributed by atoms with Gasteiger partial charge < -0.3 is 0 Å². The lowest BCUT2D eigenvalue weighted by Crippen LogP contribution is -2.41. The second kappa shape index (κ2) is 8.20. The SMILES string of the molecule is CC1=Nc2cc(C(F)(F)F)nn2C(c2ccc(Cl)c(Cl)c2)C1S(=O)(=O)Cc1ccccc1. The molecule has 11 heteroatoms. The molecule has 5 nitrogen and oxygen atoms in total. The molecule has 0 aliphatic carbocycles. The summed E-state index contributed by atoms with van der Waals surface area (Å²) >= 11 is 12.1. The Bertz CT molecular complexity index is 1310. The largest absolute Gasteiger partial charge is 0.435 e. The molecular formula is C21H16Cl2F3N3O2S. The molecule has 2 heterocycles. The van der Waals surface area contributed by atoms with Crippen molar-refractivity contribution in [2.24, 2.45) is 4.99 Å². The predicted molar refractivity (Wildman–Crippen MR) is 117 cm³/mol. The highest BCUT2D eigenvalue weighted by Crippen LogP contribution is 2.41. The fourth-order valence-corrected chi connectivity index (χ4v) is 6.16. The van der Waals surface area contributed by atoms with Gasteiger partial charge in [0.05, 0.1) is 15.8 Å². The molecule has 168 valence electrons. The van der Waals surface area contributed by atoms with Gasteiger partial charge in [0.2, 0.25) is 0 Å². The standard InChI is InChI=1S/C21H16Cl2F3N3O2S/c1-12-20(32(30,31)11-13-5-3-2-4-6-13)19(14-7-8-15(22)16(23)9-14)29-18(27-12)10-17(28-29)21(24,25)26/h2-10,19-20H,11H2,1H3. The number of nitrogens with zero attached hydrogens (tertiary/aromatic N) is 3. The molecule has 2 unspecified atom stereocenters. The van der Waals surface area contributed by atoms with E-state index in [4.69, 9.17) is 23.2 Å². The highest BCUT2D eigenvalue weighted by molar-refractivity contribution is 7.92. The van der Waals surface area contributed by atoms with Crippen molar-refractivity contribution in [3.63, 3.8) is 0 Å². The van der Waals surface area contributed by atoms with Gasteiger partial charge in [-0.2, -0.15) is 18.3 Å². The van der Waals surface area contributed by atoms with Crippen molar-refractivity contribution in [3.05, 3.63) is 81.5 Å². The van der Waals surface area contributed by atoms with Crippen LogP contribution < -0.4 is 0 Å². The number of alkyl halides is 3. The number of hydrogen-bond donors (Lipinski definition) is 0. The maximum atomic E-state index is 13.5. The minimum atomic E-state index is -4.71. The lowest BCUT2D eigenvalue weighted by atomic mass is 9.99. The number of benzene rings is 2. The zero-order valence-corrected chi connectivity index (χ0v) is 18.8. The Morgan fingerprint density at radius 2 is 1.72 bits per heavy atom. The molecule has 2 aromatic carbocycles. The van der Waals surface area contributed by atoms with Crippen LogP contribution in [0.3, 0.4) is 0 Å². The van der Waals surface area contributed by atoms with Gasteiger partial charge in [0.25, 0.3) is 0 Å². The van der Waals surface area contributed by atoms with E-state index in [1.54, 1.807) is 30.3 Å². The summed E-state index contributed by atoms with van der Waals surface area (Å²) in [6.07, 6.45) is -4.71. The molecule has 0 spiro atoms. The molecule has 0 saturated carbocycles. The van der Waals surface area contributed by atoms with Gasteiger partial charge in [0, 0.05) is 11.8 Å². The Morgan fingerprint density at radius 1 is 1.03 bits per heavy atom. The molecule has 0 fully saturated rings. The summed E-state index contributed by atoms with van der Waals surface area (Å²) in [7, 11) is -3.92. The van der Waals surface area contributed by atoms with Crippen LogP contribution in [-0.2, 0) is 21.8 Å². The molecule has 1 aliphatic rings. The van der Waals surface area contributed by atoms with Crippen molar-refractivity contribution in [2.75, 3.05) is 0 Å². The molecule has 32 heavy (non-hydrogen) atoms. The molecule has 1 aliphatic heterocycles. The second-order valence-corrected chi connectivity index (χ2v) is 10.4. The minimum Gasteiger partial charge on any atom is -0.238 e. The van der Waals surface area contributed by atoms with Crippen LogP contribution in [0.15, 0.2) is 59.6 Å². The van der Waals surface area contributed by atoms with Gasteiger partial charge in [-0.05, 0) is 30.2 Å². The van der Waals surface area contributed by atoms with Crippen LogP contribution in [0.2, 0.25) is 10.0 Å². The third-order valence-electron chi connectivity index (χ3n) is 5.14. The molecule has 0 amide bonds. The molecule has 0 radical (unpaired) electrons. The first-order chi connectivity index (χ1) is 15.0. The smallest absolute Gasteiger partial charge is 0.238 e. The Kier molecular flexibility index (Phi) is 5.85. The van der Waals surface area contributed by atoms with Crippen LogP contribution in [0.1, 0.15) is 29.8 Å². The van der Waals surface area contributed by atoms with E-state index < -0.39 is 33.0 Å². The quantitative estimate of drug-likeness (QED) is 0.447. The first-order valence-electron chi connectivity index (χ1n) is 9.40. The molecule has 0 bridgehead atoms. The van der Waals surface area contributed by atoms with Crippen molar-refractivity contribution in [1.29, 1.82) is 0 Å². The Morgan fingerprint density at radius 3 is 2.34 bits per heavy atom. The number of rotatable bonds is 4. The maximum Gasteiger partial charge on any atom is 0.435 e. The van der Waals surface area contributed by atoms with E-state index in [9.17, 15) is 21.6 Å². The van der Waals surface area contributed by atoms with Crippen molar-refractivity contribution >= 4 is 44.6 Å². The fraction of sp³-hybridized carbons (Fsp3) is 0.238. The van der Waals surface area contributed by atoms with Crippen molar-refractivity contribution in [3.8, 4) is 0 Å². The van der Waals surface area contributed by atoms with Gasteiger partial charge in [0.1, 0.15) is 11.3 Å². The van der Waals surface area contributed by atoms with E-state index in [0.29, 0.717) is 11.1 Å². The number of aliphatic imine (C=N–C) groups is 1. The van der Waals surface area contributed by atoms with E-state index in [1.165, 1.54) is 25.1 Å². The second-order valence-electron chi connectivity index (χ2n) is 7.42. The molecule has 0 saturated heterocycles. The average molecular weight is 502 g/mol. The van der Waals surface area contributed by atoms with E-state index >= 15 is 0 Å². The van der Waals surface area contributed by atoms with Gasteiger partial charge in [-0.3, -0.25) is 0 Å². The highest BCUT2D eigenvalue weighted by atomic mass is 35.5. The molecule has 4 rings (SSSR count). The van der Waals surface area contributed by atoms with Crippen molar-refractivity contribution < 1.29 is 21.6 Å². The number of hydrogen-bond acceptors (Lipinski definition) is 4. The molecule has 1 aromatic heterocycles. The number of aromatic nitrogens is 2. The maximum absolute atomic E-state index is 13.5. The first-order valence-corrected chi connectivity index (χ1v) is 11.9. The van der Waals surface area contributed by atoms with Gasteiger partial charge in [-0.25, -0.2) is 18.1 Å². The third kappa shape index (κ3) is 4.29. The summed E-state index contributed by atoms with van der Waals surface area (Å²) in [6, 6.07) is 12.7. The first kappa shape index (κ1) is 22.8. The highest BCUT2D eigenvalue weighted by Gasteiger charge is 2.44. The Balaban J connectivity index is 1.89. The van der Waals surface area contributed by atoms with Crippen LogP contribution in [0.4, 0.5) is 19.0 Å². The van der Waals surface area contributed by atoms with Crippen LogP contribution in [0, 0.1) is 0 Å². The van der Waals surface area contributed by atoms with E-state index in [2.05, 4.69) is 10.1 Å². The Labute approximate surface area is 192 Å². The van der Waals surface area contributed by atoms with Gasteiger partial charge in [0.15, 0.2) is 21.3 Å². The number of fused-ring (bicyclic) bond motifs is 1. The van der Waals surface area contributed by atoms with E-state index in [0.717, 1.165) is 10.7 Å². The van der Waals surface area contributed by atoms with Crippen LogP contribution >= 0.6 is 23.2 Å². The van der Waals surface area contributed by atoms with Crippen molar-refractivity contribution in [2.45, 2.75) is 30.1 Å². The van der Waals surface area contributed by atoms with Gasteiger partial charge in [-0.1, -0.05) is 59.6 Å². The molecule has 3 aromatic rings. The minimum absolute atomic E-state index is 0.0861. The average Bonchev–Trinajstić information content (AvgIpc) is 3.13. The summed E-state index contributed by atoms with van der Waals surface area (Å²) in [5, 5.41) is 2.81. The Hall–Kier alpha value is -2.36. The van der Waals surface area contributed by atoms with E-state index in [-0.39, 0.29) is 27.3 Å². The number of sulfone groups is 1. The lowest BCUT2D eigenvalue weighted by molar-refractivity contribution is -0.141. The van der Waals surface area contributed by atoms with Crippen LogP contribution in [-0.4, -0.2) is 29.2 Å². The zero-order chi connectivity index (χ0) is 23.3. The van der Waals surface area contributed by atoms with Gasteiger partial charge >= 0.3 is 6.18 Å². The molecular weight excluding hydrogens is 486 g/mol. The van der Waals surface area contributed by atoms with Crippen LogP contribution in [0.5, 0.6) is 0 Å². The van der Waals surface area contributed by atoms with E-state index in [1.807, 2.05) is 0 Å². The summed E-state index contributed by atoms with van der Waals surface area (Å²) in [4.78, 5) is 4.16. The monoisotopic (exact) mass is 501 g/mol. The summed E-state index contributed by atoms with van der Waals surface area (Å²) in [5.74, 6) is -0.400. The fourth-order valence-electron chi connectivity index (χ4n) is 3.78. The van der Waals surface area contributed by atoms with Crippen molar-refractivity contribution in [1.82, 2.24) is 9.78 Å². The zero-order valence-electron chi connectivity index (χ0n) is 16.5. The summed E-state index contributed by atoms with van der Waals surface area (Å²) < 4.78 is 68.1. The number of halogens is 5. The topological polar surface area (TPSA) is 64.3 Å². The van der Waals surface area contributed by atoms with Gasteiger partial charge in [-0.15, -0.1) is 0 Å². The summed E-state index contributed by atoms with van der Waals surface area (Å²) in [5.41, 5.74) is -0.0860.